The Kier molecular flexibility index (Phi) is 4.78. The number of methoxy groups -OCH3 is 2. The third-order valence-corrected chi connectivity index (χ3v) is 3.50. The van der Waals surface area contributed by atoms with Crippen LogP contribution in [-0.2, 0) is 16.0 Å². The van der Waals surface area contributed by atoms with E-state index in [1.165, 1.54) is 14.2 Å². The minimum absolute atomic E-state index is 0.0693. The topological polar surface area (TPSA) is 97.8 Å². The highest BCUT2D eigenvalue weighted by Crippen LogP contribution is 2.42. The summed E-state index contributed by atoms with van der Waals surface area (Å²) in [6.07, 6.45) is -0.329. The number of benzene rings is 1. The number of ether oxygens (including phenoxy) is 3. The van der Waals surface area contributed by atoms with Gasteiger partial charge in [0.05, 0.1) is 43.7 Å². The Morgan fingerprint density at radius 2 is 1.91 bits per heavy atom. The Hall–Kier alpha value is -2.70. The predicted molar refractivity (Wildman–Crippen MR) is 84.4 cm³/mol. The number of aromatic amines is 1. The molecule has 2 rings (SSSR count). The lowest BCUT2D eigenvalue weighted by Crippen LogP contribution is -2.18. The van der Waals surface area contributed by atoms with Gasteiger partial charge < -0.3 is 24.3 Å². The number of pyridine rings is 1. The molecule has 7 nitrogen and oxygen atoms in total. The molecule has 0 fully saturated rings. The van der Waals surface area contributed by atoms with Crippen LogP contribution in [-0.4, -0.2) is 36.9 Å². The summed E-state index contributed by atoms with van der Waals surface area (Å²) in [5.74, 6) is -0.163. The first-order chi connectivity index (χ1) is 10.9. The number of hydrogen-bond acceptors (Lipinski definition) is 6. The fourth-order valence-electron chi connectivity index (χ4n) is 2.53. The highest BCUT2D eigenvalue weighted by atomic mass is 16.5. The lowest BCUT2D eigenvalue weighted by atomic mass is 10.0. The summed E-state index contributed by atoms with van der Waals surface area (Å²) in [4.78, 5) is 26.5. The van der Waals surface area contributed by atoms with E-state index in [1.807, 2.05) is 0 Å². The first-order valence-electron chi connectivity index (χ1n) is 7.09. The molecule has 0 aliphatic rings. The molecule has 0 bridgehead atoms. The highest BCUT2D eigenvalue weighted by Gasteiger charge is 2.22. The molecule has 23 heavy (non-hydrogen) atoms. The van der Waals surface area contributed by atoms with Crippen LogP contribution >= 0.6 is 0 Å². The van der Waals surface area contributed by atoms with Crippen LogP contribution in [0.1, 0.15) is 18.1 Å². The van der Waals surface area contributed by atoms with Crippen LogP contribution in [0.5, 0.6) is 17.2 Å². The monoisotopic (exact) mass is 321 g/mol. The first kappa shape index (κ1) is 16.7. The smallest absolute Gasteiger partial charge is 0.310 e. The third kappa shape index (κ3) is 2.94. The van der Waals surface area contributed by atoms with E-state index >= 15 is 0 Å². The Labute approximate surface area is 132 Å². The maximum atomic E-state index is 12.2. The standard InChI is InChI=1S/C16H19NO6/c1-5-23-11(18)7-9-13(19)12-10(17-16(9)20)6-8(2)14(21-3)15(12)22-4/h6H,5,7H2,1-4H3,(H2,17,19,20). The van der Waals surface area contributed by atoms with Crippen molar-refractivity contribution in [2.45, 2.75) is 20.3 Å². The van der Waals surface area contributed by atoms with Crippen molar-refractivity contribution in [3.63, 3.8) is 0 Å². The van der Waals surface area contributed by atoms with Crippen LogP contribution in [0.15, 0.2) is 10.9 Å². The van der Waals surface area contributed by atoms with Gasteiger partial charge in [-0.05, 0) is 25.5 Å². The van der Waals surface area contributed by atoms with Crippen molar-refractivity contribution in [1.29, 1.82) is 0 Å². The van der Waals surface area contributed by atoms with Gasteiger partial charge in [-0.15, -0.1) is 0 Å². The van der Waals surface area contributed by atoms with E-state index in [-0.39, 0.29) is 29.7 Å². The van der Waals surface area contributed by atoms with Gasteiger partial charge in [-0.3, -0.25) is 9.59 Å². The van der Waals surface area contributed by atoms with Gasteiger partial charge in [0.25, 0.3) is 5.56 Å². The zero-order valence-corrected chi connectivity index (χ0v) is 13.5. The molecule has 1 aromatic carbocycles. The van der Waals surface area contributed by atoms with Gasteiger partial charge in [0, 0.05) is 0 Å². The molecule has 0 saturated heterocycles. The fraction of sp³-hybridized carbons (Fsp3) is 0.375. The number of aryl methyl sites for hydroxylation is 1. The molecule has 7 heteroatoms. The number of H-pyrrole nitrogens is 1. The molecule has 0 radical (unpaired) electrons. The minimum atomic E-state index is -0.592. The maximum absolute atomic E-state index is 12.2. The summed E-state index contributed by atoms with van der Waals surface area (Å²) in [6.45, 7) is 3.66. The SMILES string of the molecule is CCOC(=O)Cc1c(O)c2c(OC)c(OC)c(C)cc2[nH]c1=O. The summed E-state index contributed by atoms with van der Waals surface area (Å²) < 4.78 is 15.5. The molecule has 2 N–H and O–H groups in total. The molecule has 124 valence electrons. The molecule has 1 aromatic heterocycles. The molecule has 0 atom stereocenters. The summed E-state index contributed by atoms with van der Waals surface area (Å²) in [7, 11) is 2.92. The normalized spacial score (nSPS) is 10.6. The zero-order chi connectivity index (χ0) is 17.1. The van der Waals surface area contributed by atoms with Crippen molar-refractivity contribution in [1.82, 2.24) is 4.98 Å². The van der Waals surface area contributed by atoms with Crippen molar-refractivity contribution in [2.24, 2.45) is 0 Å². The summed E-state index contributed by atoms with van der Waals surface area (Å²) >= 11 is 0. The van der Waals surface area contributed by atoms with Crippen LogP contribution in [0.2, 0.25) is 0 Å². The van der Waals surface area contributed by atoms with Gasteiger partial charge in [-0.1, -0.05) is 0 Å². The fourth-order valence-corrected chi connectivity index (χ4v) is 2.53. The van der Waals surface area contributed by atoms with E-state index in [9.17, 15) is 14.7 Å². The molecule has 0 spiro atoms. The van der Waals surface area contributed by atoms with Gasteiger partial charge in [-0.25, -0.2) is 0 Å². The van der Waals surface area contributed by atoms with Crippen molar-refractivity contribution < 1.29 is 24.1 Å². The first-order valence-corrected chi connectivity index (χ1v) is 7.09. The van der Waals surface area contributed by atoms with Crippen LogP contribution < -0.4 is 15.0 Å². The quantitative estimate of drug-likeness (QED) is 0.813. The lowest BCUT2D eigenvalue weighted by molar-refractivity contribution is -0.142. The Morgan fingerprint density at radius 1 is 1.26 bits per heavy atom. The average Bonchev–Trinajstić information content (AvgIpc) is 2.50. The molecule has 0 saturated carbocycles. The molecule has 2 aromatic rings. The molecule has 0 unspecified atom stereocenters. The van der Waals surface area contributed by atoms with Crippen LogP contribution in [0.3, 0.4) is 0 Å². The second-order valence-corrected chi connectivity index (χ2v) is 4.95. The van der Waals surface area contributed by atoms with Gasteiger partial charge in [-0.2, -0.15) is 0 Å². The summed E-state index contributed by atoms with van der Waals surface area (Å²) in [5.41, 5.74) is 0.523. The summed E-state index contributed by atoms with van der Waals surface area (Å²) in [6, 6.07) is 1.67. The second kappa shape index (κ2) is 6.60. The molecular formula is C16H19NO6. The minimum Gasteiger partial charge on any atom is -0.507 e. The number of aromatic nitrogens is 1. The van der Waals surface area contributed by atoms with E-state index in [0.29, 0.717) is 17.0 Å². The molecule has 0 aliphatic carbocycles. The maximum Gasteiger partial charge on any atom is 0.310 e. The predicted octanol–water partition coefficient (Wildman–Crippen LogP) is 1.66. The van der Waals surface area contributed by atoms with Crippen LogP contribution in [0.4, 0.5) is 0 Å². The average molecular weight is 321 g/mol. The number of esters is 1. The Balaban J connectivity index is 2.75. The van der Waals surface area contributed by atoms with E-state index < -0.39 is 11.5 Å². The molecule has 0 aliphatic heterocycles. The lowest BCUT2D eigenvalue weighted by Gasteiger charge is -2.15. The van der Waals surface area contributed by atoms with Gasteiger partial charge in [0.1, 0.15) is 5.75 Å². The van der Waals surface area contributed by atoms with Crippen molar-refractivity contribution in [3.8, 4) is 17.2 Å². The van der Waals surface area contributed by atoms with Crippen LogP contribution in [0.25, 0.3) is 10.9 Å². The highest BCUT2D eigenvalue weighted by molar-refractivity contribution is 5.95. The van der Waals surface area contributed by atoms with Crippen molar-refractivity contribution in [2.75, 3.05) is 20.8 Å². The summed E-state index contributed by atoms with van der Waals surface area (Å²) in [5, 5.41) is 10.8. The van der Waals surface area contributed by atoms with Gasteiger partial charge in [0.2, 0.25) is 0 Å². The number of rotatable bonds is 5. The third-order valence-electron chi connectivity index (χ3n) is 3.50. The number of aromatic hydroxyl groups is 1. The van der Waals surface area contributed by atoms with E-state index in [2.05, 4.69) is 4.98 Å². The van der Waals surface area contributed by atoms with E-state index in [1.54, 1.807) is 19.9 Å². The second-order valence-electron chi connectivity index (χ2n) is 4.95. The van der Waals surface area contributed by atoms with Gasteiger partial charge >= 0.3 is 5.97 Å². The number of fused-ring (bicyclic) bond motifs is 1. The Bertz CT molecular complexity index is 809. The van der Waals surface area contributed by atoms with Gasteiger partial charge in [0.15, 0.2) is 11.5 Å². The number of carbonyl (C=O) groups is 1. The number of hydrogen-bond donors (Lipinski definition) is 2. The van der Waals surface area contributed by atoms with Crippen molar-refractivity contribution >= 4 is 16.9 Å². The van der Waals surface area contributed by atoms with Crippen LogP contribution in [0, 0.1) is 6.92 Å². The Morgan fingerprint density at radius 3 is 2.48 bits per heavy atom. The van der Waals surface area contributed by atoms with Crippen molar-refractivity contribution in [3.05, 3.63) is 27.5 Å². The number of nitrogens with one attached hydrogen (secondary N) is 1. The largest absolute Gasteiger partial charge is 0.507 e. The van der Waals surface area contributed by atoms with E-state index in [4.69, 9.17) is 14.2 Å². The molecule has 0 amide bonds. The number of carbonyl (C=O) groups excluding carboxylic acids is 1. The van der Waals surface area contributed by atoms with E-state index in [0.717, 1.165) is 5.56 Å². The molecule has 1 heterocycles. The molecular weight excluding hydrogens is 302 g/mol. The zero-order valence-electron chi connectivity index (χ0n) is 13.5.